The summed E-state index contributed by atoms with van der Waals surface area (Å²) in [6.07, 6.45) is 0. The Bertz CT molecular complexity index is 630. The molecule has 0 fully saturated rings. The van der Waals surface area contributed by atoms with Crippen LogP contribution >= 0.6 is 11.6 Å². The number of halogens is 2. The molecule has 2 aromatic rings. The number of benzene rings is 2. The Morgan fingerprint density at radius 1 is 1.30 bits per heavy atom. The Balaban J connectivity index is 1.95. The van der Waals surface area contributed by atoms with Crippen LogP contribution in [0.5, 0.6) is 0 Å². The van der Waals surface area contributed by atoms with Crippen molar-refractivity contribution in [1.82, 2.24) is 0 Å². The molecule has 0 saturated heterocycles. The summed E-state index contributed by atoms with van der Waals surface area (Å²) in [5.41, 5.74) is 3.06. The van der Waals surface area contributed by atoms with Crippen LogP contribution in [0.1, 0.15) is 12.5 Å². The van der Waals surface area contributed by atoms with Gasteiger partial charge in [0.05, 0.1) is 11.4 Å². The number of rotatable bonds is 2. The minimum absolute atomic E-state index is 0.250. The number of hydrogen-bond acceptors (Lipinski definition) is 2. The maximum absolute atomic E-state index is 13.4. The minimum atomic E-state index is -0.250. The molecule has 104 valence electrons. The van der Waals surface area contributed by atoms with E-state index in [9.17, 15) is 4.39 Å². The number of nitrogens with one attached hydrogen (secondary N) is 1. The Labute approximate surface area is 123 Å². The van der Waals surface area contributed by atoms with Crippen molar-refractivity contribution in [3.05, 3.63) is 58.9 Å². The average molecular weight is 291 g/mol. The van der Waals surface area contributed by atoms with E-state index >= 15 is 0 Å². The van der Waals surface area contributed by atoms with Crippen LogP contribution in [0, 0.1) is 5.82 Å². The molecule has 0 radical (unpaired) electrons. The quantitative estimate of drug-likeness (QED) is 0.887. The molecule has 4 heteroatoms. The first-order valence-electron chi connectivity index (χ1n) is 6.68. The highest BCUT2D eigenvalue weighted by Crippen LogP contribution is 2.33. The standard InChI is InChI=1S/C16H16ClFN2/c1-11-9-19-15-4-2-3-5-16(15)20(11)10-12-8-13(18)6-7-14(12)17/h2-8,11,19H,9-10H2,1H3. The molecule has 1 atom stereocenters. The largest absolute Gasteiger partial charge is 0.381 e. The van der Waals surface area contributed by atoms with Gasteiger partial charge in [0, 0.05) is 24.2 Å². The second-order valence-electron chi connectivity index (χ2n) is 5.11. The molecule has 1 N–H and O–H groups in total. The molecule has 0 spiro atoms. The highest BCUT2D eigenvalue weighted by atomic mass is 35.5. The van der Waals surface area contributed by atoms with Crippen LogP contribution in [0.25, 0.3) is 0 Å². The Morgan fingerprint density at radius 3 is 2.95 bits per heavy atom. The van der Waals surface area contributed by atoms with Gasteiger partial charge in [-0.2, -0.15) is 0 Å². The first kappa shape index (κ1) is 13.3. The van der Waals surface area contributed by atoms with E-state index < -0.39 is 0 Å². The van der Waals surface area contributed by atoms with Crippen molar-refractivity contribution < 1.29 is 4.39 Å². The number of anilines is 2. The van der Waals surface area contributed by atoms with Gasteiger partial charge in [0.15, 0.2) is 0 Å². The van der Waals surface area contributed by atoms with E-state index in [1.807, 2.05) is 12.1 Å². The lowest BCUT2D eigenvalue weighted by atomic mass is 10.1. The molecule has 2 nitrogen and oxygen atoms in total. The molecular formula is C16H16ClFN2. The van der Waals surface area contributed by atoms with Gasteiger partial charge < -0.3 is 10.2 Å². The van der Waals surface area contributed by atoms with E-state index in [1.54, 1.807) is 6.07 Å². The average Bonchev–Trinajstić information content (AvgIpc) is 2.46. The zero-order valence-electron chi connectivity index (χ0n) is 11.2. The summed E-state index contributed by atoms with van der Waals surface area (Å²) in [6, 6.07) is 13.0. The first-order chi connectivity index (χ1) is 9.65. The summed E-state index contributed by atoms with van der Waals surface area (Å²) in [7, 11) is 0. The van der Waals surface area contributed by atoms with Crippen molar-refractivity contribution in [3.63, 3.8) is 0 Å². The molecule has 1 aliphatic rings. The summed E-state index contributed by atoms with van der Waals surface area (Å²) in [6.45, 7) is 3.62. The second kappa shape index (κ2) is 5.33. The number of hydrogen-bond donors (Lipinski definition) is 1. The summed E-state index contributed by atoms with van der Waals surface area (Å²) in [5, 5.41) is 4.01. The predicted octanol–water partition coefficient (Wildman–Crippen LogP) is 4.30. The van der Waals surface area contributed by atoms with Crippen molar-refractivity contribution >= 4 is 23.0 Å². The molecule has 1 unspecified atom stereocenters. The number of nitrogens with zero attached hydrogens (tertiary/aromatic N) is 1. The smallest absolute Gasteiger partial charge is 0.123 e. The van der Waals surface area contributed by atoms with Crippen LogP contribution in [-0.2, 0) is 6.54 Å². The SMILES string of the molecule is CC1CNc2ccccc2N1Cc1cc(F)ccc1Cl. The third-order valence-corrected chi connectivity index (χ3v) is 4.05. The van der Waals surface area contributed by atoms with Gasteiger partial charge in [0.1, 0.15) is 5.82 Å². The predicted molar refractivity (Wildman–Crippen MR) is 82.0 cm³/mol. The van der Waals surface area contributed by atoms with E-state index in [-0.39, 0.29) is 5.82 Å². The van der Waals surface area contributed by atoms with Crippen LogP contribution in [0.3, 0.4) is 0 Å². The lowest BCUT2D eigenvalue weighted by molar-refractivity contribution is 0.616. The zero-order chi connectivity index (χ0) is 14.1. The summed E-state index contributed by atoms with van der Waals surface area (Å²) >= 11 is 6.18. The van der Waals surface area contributed by atoms with Crippen molar-refractivity contribution in [2.45, 2.75) is 19.5 Å². The number of fused-ring (bicyclic) bond motifs is 1. The van der Waals surface area contributed by atoms with Crippen molar-refractivity contribution in [2.24, 2.45) is 0 Å². The summed E-state index contributed by atoms with van der Waals surface area (Å²) < 4.78 is 13.4. The van der Waals surface area contributed by atoms with Crippen LogP contribution in [-0.4, -0.2) is 12.6 Å². The third-order valence-electron chi connectivity index (χ3n) is 3.68. The highest BCUT2D eigenvalue weighted by Gasteiger charge is 2.23. The van der Waals surface area contributed by atoms with E-state index in [2.05, 4.69) is 29.3 Å². The molecule has 1 heterocycles. The van der Waals surface area contributed by atoms with Crippen LogP contribution in [0.2, 0.25) is 5.02 Å². The van der Waals surface area contributed by atoms with E-state index in [4.69, 9.17) is 11.6 Å². The summed E-state index contributed by atoms with van der Waals surface area (Å²) in [4.78, 5) is 2.26. The molecule has 0 aromatic heterocycles. The van der Waals surface area contributed by atoms with Gasteiger partial charge >= 0.3 is 0 Å². The van der Waals surface area contributed by atoms with E-state index in [0.29, 0.717) is 17.6 Å². The number of para-hydroxylation sites is 2. The minimum Gasteiger partial charge on any atom is -0.381 e. The third kappa shape index (κ3) is 2.46. The van der Waals surface area contributed by atoms with Crippen molar-refractivity contribution in [3.8, 4) is 0 Å². The molecule has 1 aliphatic heterocycles. The Kier molecular flexibility index (Phi) is 3.53. The maximum atomic E-state index is 13.4. The molecule has 0 bridgehead atoms. The summed E-state index contributed by atoms with van der Waals surface area (Å²) in [5.74, 6) is -0.250. The van der Waals surface area contributed by atoms with Crippen molar-refractivity contribution in [2.75, 3.05) is 16.8 Å². The van der Waals surface area contributed by atoms with Crippen LogP contribution in [0.15, 0.2) is 42.5 Å². The van der Waals surface area contributed by atoms with Gasteiger partial charge in [0.25, 0.3) is 0 Å². The van der Waals surface area contributed by atoms with Crippen molar-refractivity contribution in [1.29, 1.82) is 0 Å². The van der Waals surface area contributed by atoms with E-state index in [1.165, 1.54) is 12.1 Å². The molecular weight excluding hydrogens is 275 g/mol. The van der Waals surface area contributed by atoms with E-state index in [0.717, 1.165) is 23.5 Å². The molecule has 0 amide bonds. The fraction of sp³-hybridized carbons (Fsp3) is 0.250. The van der Waals surface area contributed by atoms with Gasteiger partial charge in [-0.25, -0.2) is 4.39 Å². The van der Waals surface area contributed by atoms with Gasteiger partial charge in [-0.15, -0.1) is 0 Å². The Hall–Kier alpha value is -1.74. The van der Waals surface area contributed by atoms with Crippen LogP contribution < -0.4 is 10.2 Å². The molecule has 3 rings (SSSR count). The van der Waals surface area contributed by atoms with Gasteiger partial charge in [-0.1, -0.05) is 23.7 Å². The monoisotopic (exact) mass is 290 g/mol. The zero-order valence-corrected chi connectivity index (χ0v) is 12.0. The molecule has 0 saturated carbocycles. The normalized spacial score (nSPS) is 17.6. The fourth-order valence-electron chi connectivity index (χ4n) is 2.57. The lowest BCUT2D eigenvalue weighted by Crippen LogP contribution is -2.41. The molecule has 2 aromatic carbocycles. The Morgan fingerprint density at radius 2 is 2.10 bits per heavy atom. The highest BCUT2D eigenvalue weighted by molar-refractivity contribution is 6.31. The van der Waals surface area contributed by atoms with Gasteiger partial charge in [0.2, 0.25) is 0 Å². The molecule has 0 aliphatic carbocycles. The van der Waals surface area contributed by atoms with Crippen LogP contribution in [0.4, 0.5) is 15.8 Å². The van der Waals surface area contributed by atoms with Gasteiger partial charge in [-0.3, -0.25) is 0 Å². The maximum Gasteiger partial charge on any atom is 0.123 e. The topological polar surface area (TPSA) is 15.3 Å². The molecule has 20 heavy (non-hydrogen) atoms. The van der Waals surface area contributed by atoms with Gasteiger partial charge in [-0.05, 0) is 42.8 Å². The second-order valence-corrected chi connectivity index (χ2v) is 5.52. The lowest BCUT2D eigenvalue weighted by Gasteiger charge is -2.38. The first-order valence-corrected chi connectivity index (χ1v) is 7.06. The fourth-order valence-corrected chi connectivity index (χ4v) is 2.75.